The summed E-state index contributed by atoms with van der Waals surface area (Å²) < 4.78 is 7.24. The predicted octanol–water partition coefficient (Wildman–Crippen LogP) is 8.81. The van der Waals surface area contributed by atoms with Gasteiger partial charge in [0.1, 0.15) is 0 Å². The minimum atomic E-state index is -0.447. The molecule has 0 bridgehead atoms. The van der Waals surface area contributed by atoms with Crippen molar-refractivity contribution in [2.45, 2.75) is 162 Å². The van der Waals surface area contributed by atoms with E-state index >= 15 is 0 Å². The maximum absolute atomic E-state index is 5.95. The van der Waals surface area contributed by atoms with Crippen molar-refractivity contribution >= 4 is 9.76 Å². The first-order valence-corrected chi connectivity index (χ1v) is 16.0. The maximum atomic E-state index is 5.95. The van der Waals surface area contributed by atoms with Crippen molar-refractivity contribution in [2.75, 3.05) is 26.7 Å². The quantitative estimate of drug-likeness (QED) is 0.0777. The van der Waals surface area contributed by atoms with Crippen LogP contribution in [0.25, 0.3) is 0 Å². The van der Waals surface area contributed by atoms with Gasteiger partial charge < -0.3 is 8.91 Å². The summed E-state index contributed by atoms with van der Waals surface area (Å²) in [5.74, 6) is 0. The maximum Gasteiger partial charge on any atom is 0.167 e. The van der Waals surface area contributed by atoms with Crippen molar-refractivity contribution in [3.63, 3.8) is 0 Å². The molecule has 0 saturated carbocycles. The number of hydrogen-bond acceptors (Lipinski definition) is 1. The molecule has 0 aliphatic carbocycles. The van der Waals surface area contributed by atoms with Crippen molar-refractivity contribution in [2.24, 2.45) is 0 Å². The molecule has 0 aromatic carbocycles. The van der Waals surface area contributed by atoms with Crippen molar-refractivity contribution in [1.29, 1.82) is 0 Å². The van der Waals surface area contributed by atoms with Crippen LogP contribution >= 0.6 is 0 Å². The second kappa shape index (κ2) is 20.5. The third-order valence-electron chi connectivity index (χ3n) is 7.65. The summed E-state index contributed by atoms with van der Waals surface area (Å²) in [6, 6.07) is 0.743. The Morgan fingerprint density at radius 2 is 1.03 bits per heavy atom. The second-order valence-corrected chi connectivity index (χ2v) is 14.3. The van der Waals surface area contributed by atoms with Gasteiger partial charge in [0.25, 0.3) is 0 Å². The molecule has 0 heterocycles. The first-order valence-electron chi connectivity index (χ1n) is 14.7. The Bertz CT molecular complexity index is 379. The molecule has 0 saturated heterocycles. The highest BCUT2D eigenvalue weighted by Crippen LogP contribution is 2.33. The van der Waals surface area contributed by atoms with E-state index in [0.29, 0.717) is 5.04 Å². The topological polar surface area (TPSA) is 9.23 Å². The number of hydrogen-bond donors (Lipinski definition) is 0. The van der Waals surface area contributed by atoms with Crippen LogP contribution in [0.4, 0.5) is 0 Å². The van der Waals surface area contributed by atoms with Crippen LogP contribution < -0.4 is 0 Å². The smallest absolute Gasteiger partial charge is 0.167 e. The van der Waals surface area contributed by atoms with Gasteiger partial charge in [-0.05, 0) is 44.6 Å². The lowest BCUT2D eigenvalue weighted by Gasteiger charge is -2.43. The van der Waals surface area contributed by atoms with Gasteiger partial charge in [0, 0.05) is 13.0 Å². The summed E-state index contributed by atoms with van der Waals surface area (Å²) in [5, 5.41) is 0.410. The zero-order chi connectivity index (χ0) is 24.1. The zero-order valence-electron chi connectivity index (χ0n) is 23.8. The Labute approximate surface area is 207 Å². The number of quaternary nitrogens is 1. The van der Waals surface area contributed by atoms with Gasteiger partial charge in [-0.2, -0.15) is 0 Å². The highest BCUT2D eigenvalue weighted by atomic mass is 28.2. The molecule has 32 heavy (non-hydrogen) atoms. The van der Waals surface area contributed by atoms with Crippen LogP contribution in [0.1, 0.15) is 151 Å². The molecule has 0 radical (unpaired) electrons. The van der Waals surface area contributed by atoms with E-state index in [-0.39, 0.29) is 0 Å². The lowest BCUT2D eigenvalue weighted by atomic mass is 9.99. The summed E-state index contributed by atoms with van der Waals surface area (Å²) in [5.41, 5.74) is 0. The van der Waals surface area contributed by atoms with Crippen LogP contribution in [-0.4, -0.2) is 47.0 Å². The van der Waals surface area contributed by atoms with Crippen molar-refractivity contribution in [3.05, 3.63) is 0 Å². The number of rotatable bonds is 24. The molecule has 0 spiro atoms. The van der Waals surface area contributed by atoms with E-state index in [9.17, 15) is 0 Å². The van der Waals surface area contributed by atoms with E-state index in [1.165, 1.54) is 127 Å². The zero-order valence-corrected chi connectivity index (χ0v) is 25.2. The van der Waals surface area contributed by atoms with E-state index in [1.807, 2.05) is 0 Å². The average molecular weight is 471 g/mol. The molecule has 0 fully saturated rings. The van der Waals surface area contributed by atoms with Crippen molar-refractivity contribution < 1.29 is 8.91 Å². The van der Waals surface area contributed by atoms with Crippen LogP contribution in [0.2, 0.25) is 5.04 Å². The molecule has 2 nitrogen and oxygen atoms in total. The number of unbranched alkanes of at least 4 members (excludes halogenated alkanes) is 14. The molecule has 194 valence electrons. The molecular formula is C29H64NOSi+. The SMILES string of the molecule is CCCCCCCCCC[N+](C)(CCCCCCCCCC)C(C)CC(C)(C)[SiH2]OCC. The summed E-state index contributed by atoms with van der Waals surface area (Å²) in [6.45, 7) is 17.9. The summed E-state index contributed by atoms with van der Waals surface area (Å²) in [4.78, 5) is 0. The molecular weight excluding hydrogens is 406 g/mol. The lowest BCUT2D eigenvalue weighted by molar-refractivity contribution is -0.932. The highest BCUT2D eigenvalue weighted by Gasteiger charge is 2.33. The molecule has 0 aromatic heterocycles. The lowest BCUT2D eigenvalue weighted by Crippen LogP contribution is -2.53. The molecule has 1 unspecified atom stereocenters. The molecule has 0 N–H and O–H groups in total. The fourth-order valence-corrected chi connectivity index (χ4v) is 6.52. The van der Waals surface area contributed by atoms with Gasteiger partial charge in [-0.25, -0.2) is 0 Å². The molecule has 0 aliphatic heterocycles. The fraction of sp³-hybridized carbons (Fsp3) is 1.00. The second-order valence-electron chi connectivity index (χ2n) is 11.7. The molecule has 0 aliphatic rings. The number of nitrogens with zero attached hydrogens (tertiary/aromatic N) is 1. The van der Waals surface area contributed by atoms with Gasteiger partial charge in [0.15, 0.2) is 9.76 Å². The normalized spacial score (nSPS) is 14.0. The van der Waals surface area contributed by atoms with Gasteiger partial charge in [-0.1, -0.05) is 105 Å². The first kappa shape index (κ1) is 32.1. The predicted molar refractivity (Wildman–Crippen MR) is 149 cm³/mol. The standard InChI is InChI=1S/C29H64NOSi/c1-8-11-13-15-17-19-21-23-25-30(7,26-24-22-20-18-16-14-12-9-2)28(4)27-29(5,6)32-31-10-3/h28H,8-27,32H2,1-7H3/q+1. The van der Waals surface area contributed by atoms with E-state index in [2.05, 4.69) is 48.6 Å². The van der Waals surface area contributed by atoms with E-state index in [0.717, 1.165) is 12.6 Å². The van der Waals surface area contributed by atoms with Gasteiger partial charge in [-0.15, -0.1) is 0 Å². The van der Waals surface area contributed by atoms with E-state index < -0.39 is 9.76 Å². The monoisotopic (exact) mass is 470 g/mol. The van der Waals surface area contributed by atoms with Crippen molar-refractivity contribution in [3.8, 4) is 0 Å². The molecule has 0 rings (SSSR count). The Balaban J connectivity index is 4.51. The van der Waals surface area contributed by atoms with E-state index in [1.54, 1.807) is 0 Å². The Kier molecular flexibility index (Phi) is 20.6. The molecule has 3 heteroatoms. The highest BCUT2D eigenvalue weighted by molar-refractivity contribution is 6.31. The van der Waals surface area contributed by atoms with Gasteiger partial charge >= 0.3 is 0 Å². The fourth-order valence-electron chi connectivity index (χ4n) is 5.22. The van der Waals surface area contributed by atoms with Gasteiger partial charge in [0.2, 0.25) is 0 Å². The summed E-state index contributed by atoms with van der Waals surface area (Å²) in [6.07, 6.45) is 24.1. The minimum absolute atomic E-state index is 0.410. The van der Waals surface area contributed by atoms with Crippen LogP contribution in [0.15, 0.2) is 0 Å². The third-order valence-corrected chi connectivity index (χ3v) is 9.34. The minimum Gasteiger partial charge on any atom is -0.424 e. The Morgan fingerprint density at radius 1 is 0.656 bits per heavy atom. The summed E-state index contributed by atoms with van der Waals surface area (Å²) in [7, 11) is 2.13. The third kappa shape index (κ3) is 17.6. The van der Waals surface area contributed by atoms with Gasteiger partial charge in [0.05, 0.1) is 26.2 Å². The van der Waals surface area contributed by atoms with Crippen LogP contribution in [-0.2, 0) is 4.43 Å². The van der Waals surface area contributed by atoms with Crippen LogP contribution in [0.3, 0.4) is 0 Å². The summed E-state index contributed by atoms with van der Waals surface area (Å²) >= 11 is 0. The van der Waals surface area contributed by atoms with E-state index in [4.69, 9.17) is 4.43 Å². The molecule has 0 amide bonds. The molecule has 1 atom stereocenters. The molecule has 0 aromatic rings. The van der Waals surface area contributed by atoms with Gasteiger partial charge in [-0.3, -0.25) is 0 Å². The van der Waals surface area contributed by atoms with Crippen LogP contribution in [0, 0.1) is 0 Å². The Hall–Kier alpha value is 0.137. The van der Waals surface area contributed by atoms with Crippen LogP contribution in [0.5, 0.6) is 0 Å². The first-order chi connectivity index (χ1) is 15.3. The largest absolute Gasteiger partial charge is 0.424 e. The van der Waals surface area contributed by atoms with Crippen molar-refractivity contribution in [1.82, 2.24) is 0 Å². The Morgan fingerprint density at radius 3 is 1.41 bits per heavy atom. The average Bonchev–Trinajstić information content (AvgIpc) is 2.75.